The van der Waals surface area contributed by atoms with E-state index in [1.54, 1.807) is 0 Å². The fraction of sp³-hybridized carbons (Fsp3) is 0.632. The van der Waals surface area contributed by atoms with Crippen LogP contribution in [0.1, 0.15) is 38.2 Å². The van der Waals surface area contributed by atoms with Gasteiger partial charge in [-0.2, -0.15) is 0 Å². The molecule has 0 spiro atoms. The Morgan fingerprint density at radius 3 is 2.57 bits per heavy atom. The predicted octanol–water partition coefficient (Wildman–Crippen LogP) is 3.06. The zero-order valence-corrected chi connectivity index (χ0v) is 14.2. The molecule has 0 N–H and O–H groups in total. The van der Waals surface area contributed by atoms with Crippen molar-refractivity contribution in [1.29, 1.82) is 0 Å². The standard InChI is InChI=1S/C19H28N2O2/c1-2-23-19(22)17-6-5-11-20(15-17)14-16-7-9-18(10-8-16)21-12-3-4-13-21/h7-10,17H,2-6,11-15H2,1H3. The van der Waals surface area contributed by atoms with Gasteiger partial charge in [-0.1, -0.05) is 12.1 Å². The van der Waals surface area contributed by atoms with Crippen LogP contribution in [-0.4, -0.2) is 43.7 Å². The van der Waals surface area contributed by atoms with Gasteiger partial charge in [-0.15, -0.1) is 0 Å². The maximum Gasteiger partial charge on any atom is 0.310 e. The lowest BCUT2D eigenvalue weighted by molar-refractivity contribution is -0.150. The summed E-state index contributed by atoms with van der Waals surface area (Å²) in [5.74, 6) is 0.0224. The third-order valence-electron chi connectivity index (χ3n) is 4.94. The van der Waals surface area contributed by atoms with Crippen LogP contribution in [0.25, 0.3) is 0 Å². The highest BCUT2D eigenvalue weighted by Gasteiger charge is 2.26. The van der Waals surface area contributed by atoms with Gasteiger partial charge in [-0.05, 0) is 56.8 Å². The van der Waals surface area contributed by atoms with Crippen LogP contribution in [-0.2, 0) is 16.1 Å². The number of esters is 1. The molecule has 0 radical (unpaired) electrons. The summed E-state index contributed by atoms with van der Waals surface area (Å²) in [4.78, 5) is 16.8. The van der Waals surface area contributed by atoms with Crippen LogP contribution in [0.15, 0.2) is 24.3 Å². The van der Waals surface area contributed by atoms with E-state index < -0.39 is 0 Å². The molecule has 2 saturated heterocycles. The van der Waals surface area contributed by atoms with Crippen molar-refractivity contribution in [1.82, 2.24) is 4.90 Å². The maximum absolute atomic E-state index is 11.9. The van der Waals surface area contributed by atoms with Crippen LogP contribution in [0, 0.1) is 5.92 Å². The van der Waals surface area contributed by atoms with Crippen LogP contribution < -0.4 is 4.90 Å². The topological polar surface area (TPSA) is 32.8 Å². The number of hydrogen-bond acceptors (Lipinski definition) is 4. The van der Waals surface area contributed by atoms with Crippen LogP contribution >= 0.6 is 0 Å². The van der Waals surface area contributed by atoms with Crippen molar-refractivity contribution in [2.45, 2.75) is 39.2 Å². The number of likely N-dealkylation sites (tertiary alicyclic amines) is 1. The average molecular weight is 316 g/mol. The summed E-state index contributed by atoms with van der Waals surface area (Å²) < 4.78 is 5.18. The Labute approximate surface area is 139 Å². The van der Waals surface area contributed by atoms with Crippen LogP contribution in [0.5, 0.6) is 0 Å². The summed E-state index contributed by atoms with van der Waals surface area (Å²) in [7, 11) is 0. The van der Waals surface area contributed by atoms with E-state index in [0.717, 1.165) is 32.5 Å². The number of rotatable bonds is 5. The molecule has 23 heavy (non-hydrogen) atoms. The summed E-state index contributed by atoms with van der Waals surface area (Å²) >= 11 is 0. The van der Waals surface area contributed by atoms with E-state index in [1.807, 2.05) is 6.92 Å². The molecule has 1 unspecified atom stereocenters. The van der Waals surface area contributed by atoms with Crippen molar-refractivity contribution >= 4 is 11.7 Å². The molecular formula is C19H28N2O2. The van der Waals surface area contributed by atoms with Gasteiger partial charge in [0.15, 0.2) is 0 Å². The highest BCUT2D eigenvalue weighted by atomic mass is 16.5. The van der Waals surface area contributed by atoms with Crippen molar-refractivity contribution in [2.24, 2.45) is 5.92 Å². The molecule has 126 valence electrons. The van der Waals surface area contributed by atoms with Crippen molar-refractivity contribution in [3.05, 3.63) is 29.8 Å². The largest absolute Gasteiger partial charge is 0.466 e. The Morgan fingerprint density at radius 1 is 1.13 bits per heavy atom. The molecule has 0 saturated carbocycles. The Kier molecular flexibility index (Phi) is 5.55. The van der Waals surface area contributed by atoms with Gasteiger partial charge in [-0.25, -0.2) is 0 Å². The molecule has 1 aromatic rings. The van der Waals surface area contributed by atoms with E-state index in [0.29, 0.717) is 6.61 Å². The average Bonchev–Trinajstić information content (AvgIpc) is 3.11. The fourth-order valence-corrected chi connectivity index (χ4v) is 3.70. The van der Waals surface area contributed by atoms with Gasteiger partial charge in [0.25, 0.3) is 0 Å². The van der Waals surface area contributed by atoms with Gasteiger partial charge < -0.3 is 9.64 Å². The van der Waals surface area contributed by atoms with Gasteiger partial charge in [0.2, 0.25) is 0 Å². The second kappa shape index (κ2) is 7.82. The van der Waals surface area contributed by atoms with Gasteiger partial charge in [0.1, 0.15) is 0 Å². The summed E-state index contributed by atoms with van der Waals surface area (Å²) in [5.41, 5.74) is 2.67. The minimum Gasteiger partial charge on any atom is -0.466 e. The number of benzene rings is 1. The van der Waals surface area contributed by atoms with E-state index in [4.69, 9.17) is 4.74 Å². The lowest BCUT2D eigenvalue weighted by Crippen LogP contribution is -2.38. The maximum atomic E-state index is 11.9. The predicted molar refractivity (Wildman–Crippen MR) is 92.5 cm³/mol. The zero-order valence-electron chi connectivity index (χ0n) is 14.2. The molecule has 1 aromatic carbocycles. The highest BCUT2D eigenvalue weighted by molar-refractivity contribution is 5.72. The normalized spacial score (nSPS) is 22.3. The Morgan fingerprint density at radius 2 is 1.87 bits per heavy atom. The summed E-state index contributed by atoms with van der Waals surface area (Å²) in [6, 6.07) is 8.96. The third-order valence-corrected chi connectivity index (χ3v) is 4.94. The molecule has 2 fully saturated rings. The third kappa shape index (κ3) is 4.25. The molecule has 1 atom stereocenters. The molecule has 2 aliphatic heterocycles. The van der Waals surface area contributed by atoms with E-state index in [-0.39, 0.29) is 11.9 Å². The Bertz CT molecular complexity index is 509. The molecular weight excluding hydrogens is 288 g/mol. The summed E-state index contributed by atoms with van der Waals surface area (Å²) in [6.45, 7) is 7.56. The number of ether oxygens (including phenoxy) is 1. The van der Waals surface area contributed by atoms with Crippen LogP contribution in [0.4, 0.5) is 5.69 Å². The molecule has 0 bridgehead atoms. The first kappa shape index (κ1) is 16.3. The minimum absolute atomic E-state index is 0.0263. The fourth-order valence-electron chi connectivity index (χ4n) is 3.70. The van der Waals surface area contributed by atoms with Gasteiger partial charge >= 0.3 is 5.97 Å². The Hall–Kier alpha value is -1.55. The first-order chi connectivity index (χ1) is 11.3. The van der Waals surface area contributed by atoms with Gasteiger partial charge in [0, 0.05) is 31.9 Å². The van der Waals surface area contributed by atoms with Crippen LogP contribution in [0.3, 0.4) is 0 Å². The van der Waals surface area contributed by atoms with E-state index in [2.05, 4.69) is 34.1 Å². The quantitative estimate of drug-likeness (QED) is 0.782. The lowest BCUT2D eigenvalue weighted by Gasteiger charge is -2.31. The number of anilines is 1. The SMILES string of the molecule is CCOC(=O)C1CCCN(Cc2ccc(N3CCCC3)cc2)C1. The smallest absolute Gasteiger partial charge is 0.310 e. The van der Waals surface area contributed by atoms with Gasteiger partial charge in [-0.3, -0.25) is 9.69 Å². The summed E-state index contributed by atoms with van der Waals surface area (Å²) in [6.07, 6.45) is 4.66. The highest BCUT2D eigenvalue weighted by Crippen LogP contribution is 2.23. The van der Waals surface area contributed by atoms with Crippen molar-refractivity contribution in [3.63, 3.8) is 0 Å². The summed E-state index contributed by atoms with van der Waals surface area (Å²) in [5, 5.41) is 0. The number of hydrogen-bond donors (Lipinski definition) is 0. The lowest BCUT2D eigenvalue weighted by atomic mass is 9.97. The van der Waals surface area contributed by atoms with Crippen molar-refractivity contribution < 1.29 is 9.53 Å². The Balaban J connectivity index is 1.55. The van der Waals surface area contributed by atoms with Gasteiger partial charge in [0.05, 0.1) is 12.5 Å². The molecule has 3 rings (SSSR count). The second-order valence-electron chi connectivity index (χ2n) is 6.69. The van der Waals surface area contributed by atoms with E-state index in [1.165, 1.54) is 37.2 Å². The first-order valence-corrected chi connectivity index (χ1v) is 8.99. The number of carbonyl (C=O) groups excluding carboxylic acids is 1. The van der Waals surface area contributed by atoms with Crippen molar-refractivity contribution in [3.8, 4) is 0 Å². The van der Waals surface area contributed by atoms with Crippen molar-refractivity contribution in [2.75, 3.05) is 37.7 Å². The molecule has 0 aliphatic carbocycles. The zero-order chi connectivity index (χ0) is 16.1. The number of nitrogens with zero attached hydrogens (tertiary/aromatic N) is 2. The minimum atomic E-state index is -0.0263. The molecule has 4 heteroatoms. The van der Waals surface area contributed by atoms with E-state index in [9.17, 15) is 4.79 Å². The first-order valence-electron chi connectivity index (χ1n) is 8.99. The monoisotopic (exact) mass is 316 g/mol. The molecule has 2 aliphatic rings. The number of carbonyl (C=O) groups is 1. The number of piperidine rings is 1. The molecule has 0 amide bonds. The molecule has 0 aromatic heterocycles. The second-order valence-corrected chi connectivity index (χ2v) is 6.69. The molecule has 2 heterocycles. The van der Waals surface area contributed by atoms with Crippen LogP contribution in [0.2, 0.25) is 0 Å². The van der Waals surface area contributed by atoms with E-state index >= 15 is 0 Å². The molecule has 4 nitrogen and oxygen atoms in total.